The van der Waals surface area contributed by atoms with Crippen LogP contribution in [0.15, 0.2) is 36.4 Å². The SMILES string of the molecule is COC(=O)c1ccc2c(c1)C(=O)CC2.COC(=O)c1ccc2c(c1)C(O)CC2. The van der Waals surface area contributed by atoms with E-state index in [1.54, 1.807) is 24.3 Å². The third-order valence-corrected chi connectivity index (χ3v) is 5.07. The van der Waals surface area contributed by atoms with Crippen molar-refractivity contribution >= 4 is 17.7 Å². The van der Waals surface area contributed by atoms with Crippen molar-refractivity contribution < 1.29 is 29.0 Å². The Bertz CT molecular complexity index is 931. The molecule has 0 spiro atoms. The van der Waals surface area contributed by atoms with Crippen molar-refractivity contribution in [1.82, 2.24) is 0 Å². The van der Waals surface area contributed by atoms with Gasteiger partial charge in [0, 0.05) is 12.0 Å². The average molecular weight is 382 g/mol. The number of aryl methyl sites for hydroxylation is 2. The molecule has 0 fully saturated rings. The van der Waals surface area contributed by atoms with E-state index in [0.29, 0.717) is 23.1 Å². The van der Waals surface area contributed by atoms with E-state index in [4.69, 9.17) is 0 Å². The van der Waals surface area contributed by atoms with Crippen LogP contribution in [-0.4, -0.2) is 37.0 Å². The average Bonchev–Trinajstić information content (AvgIpc) is 3.29. The number of Topliss-reactive ketones (excluding diaryl/α,β-unsaturated/α-hetero) is 1. The van der Waals surface area contributed by atoms with Crippen LogP contribution in [0.25, 0.3) is 0 Å². The molecule has 2 aliphatic rings. The fourth-order valence-corrected chi connectivity index (χ4v) is 3.51. The highest BCUT2D eigenvalue weighted by atomic mass is 16.5. The van der Waals surface area contributed by atoms with Gasteiger partial charge in [-0.15, -0.1) is 0 Å². The van der Waals surface area contributed by atoms with Crippen LogP contribution in [-0.2, 0) is 22.3 Å². The van der Waals surface area contributed by atoms with Gasteiger partial charge in [-0.25, -0.2) is 9.59 Å². The predicted octanol–water partition coefficient (Wildman–Crippen LogP) is 3.05. The van der Waals surface area contributed by atoms with Gasteiger partial charge < -0.3 is 14.6 Å². The first-order valence-corrected chi connectivity index (χ1v) is 9.08. The molecule has 0 saturated carbocycles. The fraction of sp³-hybridized carbons (Fsp3) is 0.318. The van der Waals surface area contributed by atoms with Gasteiger partial charge in [-0.2, -0.15) is 0 Å². The summed E-state index contributed by atoms with van der Waals surface area (Å²) in [5, 5.41) is 9.61. The molecule has 6 nitrogen and oxygen atoms in total. The molecule has 0 radical (unpaired) electrons. The van der Waals surface area contributed by atoms with Crippen molar-refractivity contribution in [3.05, 3.63) is 69.8 Å². The Morgan fingerprint density at radius 1 is 0.893 bits per heavy atom. The lowest BCUT2D eigenvalue weighted by atomic mass is 10.1. The van der Waals surface area contributed by atoms with E-state index >= 15 is 0 Å². The van der Waals surface area contributed by atoms with Crippen LogP contribution in [0.1, 0.15) is 66.7 Å². The predicted molar refractivity (Wildman–Crippen MR) is 101 cm³/mol. The van der Waals surface area contributed by atoms with E-state index < -0.39 is 12.1 Å². The van der Waals surface area contributed by atoms with Crippen LogP contribution < -0.4 is 0 Å². The Kier molecular flexibility index (Phi) is 5.90. The van der Waals surface area contributed by atoms with Crippen LogP contribution in [0.2, 0.25) is 0 Å². The Morgan fingerprint density at radius 2 is 1.50 bits per heavy atom. The maximum Gasteiger partial charge on any atom is 0.337 e. The lowest BCUT2D eigenvalue weighted by Gasteiger charge is -2.05. The molecule has 6 heteroatoms. The highest BCUT2D eigenvalue weighted by Gasteiger charge is 2.22. The Hall–Kier alpha value is -2.99. The third-order valence-electron chi connectivity index (χ3n) is 5.07. The van der Waals surface area contributed by atoms with E-state index in [1.165, 1.54) is 14.2 Å². The van der Waals surface area contributed by atoms with Crippen LogP contribution in [0.5, 0.6) is 0 Å². The summed E-state index contributed by atoms with van der Waals surface area (Å²) in [5.41, 5.74) is 4.65. The molecule has 2 aliphatic carbocycles. The number of aliphatic hydroxyl groups is 1. The standard InChI is InChI=1S/C11H12O3.C11H10O3/c2*1-14-11(13)8-3-2-7-4-5-10(12)9(7)6-8/h2-3,6,10,12H,4-5H2,1H3;2-3,6H,4-5H2,1H3. The molecule has 0 bridgehead atoms. The number of aliphatic hydroxyl groups excluding tert-OH is 1. The highest BCUT2D eigenvalue weighted by molar-refractivity contribution is 6.02. The zero-order valence-corrected chi connectivity index (χ0v) is 15.9. The summed E-state index contributed by atoms with van der Waals surface area (Å²) in [6.07, 6.45) is 2.56. The van der Waals surface area contributed by atoms with Gasteiger partial charge in [-0.1, -0.05) is 12.1 Å². The molecule has 4 rings (SSSR count). The number of carbonyl (C=O) groups excluding carboxylic acids is 3. The Labute approximate surface area is 163 Å². The third kappa shape index (κ3) is 3.97. The van der Waals surface area contributed by atoms with Crippen LogP contribution in [0.3, 0.4) is 0 Å². The molecule has 0 heterocycles. The normalized spacial score (nSPS) is 16.5. The summed E-state index contributed by atoms with van der Waals surface area (Å²) >= 11 is 0. The molecule has 2 aromatic carbocycles. The van der Waals surface area contributed by atoms with Crippen molar-refractivity contribution in [1.29, 1.82) is 0 Å². The van der Waals surface area contributed by atoms with Gasteiger partial charge in [0.15, 0.2) is 5.78 Å². The van der Waals surface area contributed by atoms with E-state index in [0.717, 1.165) is 36.0 Å². The first kappa shape index (κ1) is 19.8. The minimum atomic E-state index is -0.422. The van der Waals surface area contributed by atoms with Crippen molar-refractivity contribution in [2.24, 2.45) is 0 Å². The summed E-state index contributed by atoms with van der Waals surface area (Å²) < 4.78 is 9.19. The largest absolute Gasteiger partial charge is 0.465 e. The number of methoxy groups -OCH3 is 2. The van der Waals surface area contributed by atoms with Crippen molar-refractivity contribution in [3.63, 3.8) is 0 Å². The minimum Gasteiger partial charge on any atom is -0.465 e. The second kappa shape index (κ2) is 8.35. The zero-order chi connectivity index (χ0) is 20.3. The van der Waals surface area contributed by atoms with E-state index in [9.17, 15) is 19.5 Å². The van der Waals surface area contributed by atoms with Crippen LogP contribution >= 0.6 is 0 Å². The van der Waals surface area contributed by atoms with E-state index in [-0.39, 0.29) is 11.8 Å². The molecule has 146 valence electrons. The van der Waals surface area contributed by atoms with Gasteiger partial charge in [0.2, 0.25) is 0 Å². The van der Waals surface area contributed by atoms with Crippen molar-refractivity contribution in [2.45, 2.75) is 31.8 Å². The number of esters is 2. The van der Waals surface area contributed by atoms with Gasteiger partial charge in [-0.3, -0.25) is 4.79 Å². The number of hydrogen-bond donors (Lipinski definition) is 1. The van der Waals surface area contributed by atoms with Crippen LogP contribution in [0, 0.1) is 0 Å². The van der Waals surface area contributed by atoms with Crippen LogP contribution in [0.4, 0.5) is 0 Å². The monoisotopic (exact) mass is 382 g/mol. The summed E-state index contributed by atoms with van der Waals surface area (Å²) in [6, 6.07) is 10.5. The zero-order valence-electron chi connectivity index (χ0n) is 15.9. The Morgan fingerprint density at radius 3 is 2.14 bits per heavy atom. The second-order valence-electron chi connectivity index (χ2n) is 6.75. The maximum atomic E-state index is 11.4. The smallest absolute Gasteiger partial charge is 0.337 e. The molecular formula is C22H22O6. The van der Waals surface area contributed by atoms with Gasteiger partial charge in [-0.05, 0) is 60.2 Å². The summed E-state index contributed by atoms with van der Waals surface area (Å²) in [7, 11) is 2.68. The molecule has 0 aromatic heterocycles. The maximum absolute atomic E-state index is 11.4. The van der Waals surface area contributed by atoms with Gasteiger partial charge in [0.1, 0.15) is 0 Å². The van der Waals surface area contributed by atoms with E-state index in [1.807, 2.05) is 12.1 Å². The van der Waals surface area contributed by atoms with Crippen molar-refractivity contribution in [2.75, 3.05) is 14.2 Å². The topological polar surface area (TPSA) is 89.9 Å². The van der Waals surface area contributed by atoms with Gasteiger partial charge in [0.25, 0.3) is 0 Å². The molecule has 0 saturated heterocycles. The number of carbonyl (C=O) groups is 3. The first-order valence-electron chi connectivity index (χ1n) is 9.08. The molecule has 2 aromatic rings. The number of rotatable bonds is 2. The number of hydrogen-bond acceptors (Lipinski definition) is 6. The number of ketones is 1. The molecule has 1 N–H and O–H groups in total. The molecule has 1 atom stereocenters. The van der Waals surface area contributed by atoms with Gasteiger partial charge >= 0.3 is 11.9 Å². The number of fused-ring (bicyclic) bond motifs is 2. The second-order valence-corrected chi connectivity index (χ2v) is 6.75. The first-order chi connectivity index (χ1) is 13.4. The molecule has 0 aliphatic heterocycles. The van der Waals surface area contributed by atoms with Gasteiger partial charge in [0.05, 0.1) is 31.5 Å². The number of benzene rings is 2. The summed E-state index contributed by atoms with van der Waals surface area (Å²) in [5.74, 6) is -0.634. The fourth-order valence-electron chi connectivity index (χ4n) is 3.51. The lowest BCUT2D eigenvalue weighted by Crippen LogP contribution is -2.03. The lowest BCUT2D eigenvalue weighted by molar-refractivity contribution is 0.0591. The van der Waals surface area contributed by atoms with E-state index in [2.05, 4.69) is 9.47 Å². The van der Waals surface area contributed by atoms with Crippen molar-refractivity contribution in [3.8, 4) is 0 Å². The number of ether oxygens (including phenoxy) is 2. The minimum absolute atomic E-state index is 0.116. The Balaban J connectivity index is 0.000000161. The molecule has 1 unspecified atom stereocenters. The quantitative estimate of drug-likeness (QED) is 0.803. The highest BCUT2D eigenvalue weighted by Crippen LogP contribution is 2.31. The molecule has 28 heavy (non-hydrogen) atoms. The summed E-state index contributed by atoms with van der Waals surface area (Å²) in [6.45, 7) is 0. The summed E-state index contributed by atoms with van der Waals surface area (Å²) in [4.78, 5) is 33.8. The molecular weight excluding hydrogens is 360 g/mol. The molecule has 0 amide bonds.